The van der Waals surface area contributed by atoms with Crippen LogP contribution in [-0.4, -0.2) is 24.6 Å². The van der Waals surface area contributed by atoms with E-state index in [9.17, 15) is 4.79 Å². The summed E-state index contributed by atoms with van der Waals surface area (Å²) in [7, 11) is 0. The molecule has 5 heteroatoms. The van der Waals surface area contributed by atoms with Crippen molar-refractivity contribution in [1.82, 2.24) is 5.32 Å². The van der Waals surface area contributed by atoms with Crippen LogP contribution in [0.3, 0.4) is 0 Å². The SMILES string of the molecule is CCCOc1ccc(Cl)cc1C(=O)NC1CCC(N)CC1. The zero-order valence-corrected chi connectivity index (χ0v) is 13.2. The summed E-state index contributed by atoms with van der Waals surface area (Å²) in [5.41, 5.74) is 6.39. The third kappa shape index (κ3) is 4.61. The fraction of sp³-hybridized carbons (Fsp3) is 0.562. The first-order valence-electron chi connectivity index (χ1n) is 7.59. The van der Waals surface area contributed by atoms with Crippen molar-refractivity contribution in [2.75, 3.05) is 6.61 Å². The van der Waals surface area contributed by atoms with Crippen LogP contribution in [0.5, 0.6) is 5.75 Å². The first kappa shape index (κ1) is 16.1. The second-order valence-electron chi connectivity index (χ2n) is 5.57. The number of amides is 1. The number of nitrogens with two attached hydrogens (primary N) is 1. The predicted molar refractivity (Wildman–Crippen MR) is 84.9 cm³/mol. The fourth-order valence-electron chi connectivity index (χ4n) is 2.54. The molecule has 0 bridgehead atoms. The summed E-state index contributed by atoms with van der Waals surface area (Å²) in [6.07, 6.45) is 4.67. The van der Waals surface area contributed by atoms with Gasteiger partial charge in [-0.2, -0.15) is 0 Å². The van der Waals surface area contributed by atoms with Crippen LogP contribution >= 0.6 is 11.6 Å². The molecule has 0 spiro atoms. The summed E-state index contributed by atoms with van der Waals surface area (Å²) in [4.78, 5) is 12.4. The molecule has 4 nitrogen and oxygen atoms in total. The number of hydrogen-bond acceptors (Lipinski definition) is 3. The topological polar surface area (TPSA) is 64.3 Å². The Kier molecular flexibility index (Phi) is 5.88. The summed E-state index contributed by atoms with van der Waals surface area (Å²) in [6, 6.07) is 5.62. The molecule has 0 atom stereocenters. The lowest BCUT2D eigenvalue weighted by atomic mass is 9.91. The molecule has 0 heterocycles. The molecule has 2 rings (SSSR count). The van der Waals surface area contributed by atoms with Crippen molar-refractivity contribution in [3.8, 4) is 5.75 Å². The number of rotatable bonds is 5. The summed E-state index contributed by atoms with van der Waals surface area (Å²) >= 11 is 6.00. The van der Waals surface area contributed by atoms with Crippen LogP contribution < -0.4 is 15.8 Å². The van der Waals surface area contributed by atoms with Crippen LogP contribution in [0, 0.1) is 0 Å². The molecule has 1 aliphatic rings. The molecular weight excluding hydrogens is 288 g/mol. The maximum Gasteiger partial charge on any atom is 0.255 e. The molecule has 3 N–H and O–H groups in total. The minimum absolute atomic E-state index is 0.121. The van der Waals surface area contributed by atoms with Gasteiger partial charge in [-0.3, -0.25) is 4.79 Å². The third-order valence-electron chi connectivity index (χ3n) is 3.75. The minimum atomic E-state index is -0.121. The van der Waals surface area contributed by atoms with Gasteiger partial charge >= 0.3 is 0 Å². The Bertz CT molecular complexity index is 485. The van der Waals surface area contributed by atoms with Crippen LogP contribution in [0.4, 0.5) is 0 Å². The molecule has 1 amide bonds. The lowest BCUT2D eigenvalue weighted by molar-refractivity contribution is 0.0921. The molecule has 116 valence electrons. The van der Waals surface area contributed by atoms with Crippen LogP contribution in [0.25, 0.3) is 0 Å². The van der Waals surface area contributed by atoms with Gasteiger partial charge in [0.25, 0.3) is 5.91 Å². The van der Waals surface area contributed by atoms with E-state index < -0.39 is 0 Å². The molecule has 0 aromatic heterocycles. The van der Waals surface area contributed by atoms with E-state index in [-0.39, 0.29) is 18.0 Å². The molecule has 1 saturated carbocycles. The Labute approximate surface area is 131 Å². The van der Waals surface area contributed by atoms with E-state index in [4.69, 9.17) is 22.1 Å². The number of halogens is 1. The van der Waals surface area contributed by atoms with Crippen molar-refractivity contribution >= 4 is 17.5 Å². The minimum Gasteiger partial charge on any atom is -0.493 e. The van der Waals surface area contributed by atoms with Crippen LogP contribution in [0.1, 0.15) is 49.4 Å². The van der Waals surface area contributed by atoms with Gasteiger partial charge in [0.15, 0.2) is 0 Å². The van der Waals surface area contributed by atoms with Gasteiger partial charge in [-0.15, -0.1) is 0 Å². The van der Waals surface area contributed by atoms with E-state index in [0.29, 0.717) is 22.9 Å². The average molecular weight is 311 g/mol. The Hall–Kier alpha value is -1.26. The fourth-order valence-corrected chi connectivity index (χ4v) is 2.72. The highest BCUT2D eigenvalue weighted by Crippen LogP contribution is 2.24. The van der Waals surface area contributed by atoms with E-state index in [1.54, 1.807) is 18.2 Å². The number of nitrogens with one attached hydrogen (secondary N) is 1. The Morgan fingerprint density at radius 1 is 1.38 bits per heavy atom. The molecule has 0 aliphatic heterocycles. The largest absolute Gasteiger partial charge is 0.493 e. The van der Waals surface area contributed by atoms with E-state index in [2.05, 4.69) is 5.32 Å². The number of hydrogen-bond donors (Lipinski definition) is 2. The van der Waals surface area contributed by atoms with Gasteiger partial charge in [0.05, 0.1) is 12.2 Å². The van der Waals surface area contributed by atoms with Gasteiger partial charge in [0, 0.05) is 17.1 Å². The first-order chi connectivity index (χ1) is 10.1. The van der Waals surface area contributed by atoms with Gasteiger partial charge in [-0.1, -0.05) is 18.5 Å². The Balaban J connectivity index is 2.05. The standard InChI is InChI=1S/C16H23ClN2O2/c1-2-9-21-15-8-3-11(17)10-14(15)16(20)19-13-6-4-12(18)5-7-13/h3,8,10,12-13H,2,4-7,9,18H2,1H3,(H,19,20). The van der Waals surface area contributed by atoms with Crippen molar-refractivity contribution in [2.45, 2.75) is 51.1 Å². The lowest BCUT2D eigenvalue weighted by Gasteiger charge is -2.27. The number of ether oxygens (including phenoxy) is 1. The average Bonchev–Trinajstić information content (AvgIpc) is 2.48. The van der Waals surface area contributed by atoms with Crippen LogP contribution in [0.15, 0.2) is 18.2 Å². The molecule has 0 unspecified atom stereocenters. The molecule has 21 heavy (non-hydrogen) atoms. The quantitative estimate of drug-likeness (QED) is 0.878. The summed E-state index contributed by atoms with van der Waals surface area (Å²) in [5, 5.41) is 3.60. The molecule has 1 aromatic carbocycles. The van der Waals surface area contributed by atoms with Crippen molar-refractivity contribution in [3.63, 3.8) is 0 Å². The van der Waals surface area contributed by atoms with Crippen LogP contribution in [-0.2, 0) is 0 Å². The van der Waals surface area contributed by atoms with Gasteiger partial charge in [-0.05, 0) is 50.3 Å². The molecule has 1 fully saturated rings. The zero-order chi connectivity index (χ0) is 15.2. The maximum absolute atomic E-state index is 12.4. The Morgan fingerprint density at radius 2 is 2.10 bits per heavy atom. The van der Waals surface area contributed by atoms with E-state index in [0.717, 1.165) is 32.1 Å². The molecule has 0 radical (unpaired) electrons. The lowest BCUT2D eigenvalue weighted by Crippen LogP contribution is -2.40. The highest BCUT2D eigenvalue weighted by Gasteiger charge is 2.22. The van der Waals surface area contributed by atoms with E-state index >= 15 is 0 Å². The maximum atomic E-state index is 12.4. The smallest absolute Gasteiger partial charge is 0.255 e. The van der Waals surface area contributed by atoms with Crippen molar-refractivity contribution in [2.24, 2.45) is 5.73 Å². The monoisotopic (exact) mass is 310 g/mol. The number of benzene rings is 1. The third-order valence-corrected chi connectivity index (χ3v) is 3.99. The number of carbonyl (C=O) groups excluding carboxylic acids is 1. The van der Waals surface area contributed by atoms with Gasteiger partial charge < -0.3 is 15.8 Å². The normalized spacial score (nSPS) is 21.9. The summed E-state index contributed by atoms with van der Waals surface area (Å²) < 4.78 is 5.63. The molecule has 0 saturated heterocycles. The van der Waals surface area contributed by atoms with Gasteiger partial charge in [0.1, 0.15) is 5.75 Å². The summed E-state index contributed by atoms with van der Waals surface area (Å²) in [6.45, 7) is 2.61. The van der Waals surface area contributed by atoms with Crippen LogP contribution in [0.2, 0.25) is 5.02 Å². The molecule has 1 aliphatic carbocycles. The second kappa shape index (κ2) is 7.66. The first-order valence-corrected chi connectivity index (χ1v) is 7.96. The highest BCUT2D eigenvalue weighted by molar-refractivity contribution is 6.31. The van der Waals surface area contributed by atoms with E-state index in [1.165, 1.54) is 0 Å². The van der Waals surface area contributed by atoms with Gasteiger partial charge in [0.2, 0.25) is 0 Å². The van der Waals surface area contributed by atoms with E-state index in [1.807, 2.05) is 6.92 Å². The Morgan fingerprint density at radius 3 is 2.76 bits per heavy atom. The van der Waals surface area contributed by atoms with Crippen molar-refractivity contribution < 1.29 is 9.53 Å². The zero-order valence-electron chi connectivity index (χ0n) is 12.4. The number of carbonyl (C=O) groups is 1. The predicted octanol–water partition coefficient (Wildman–Crippen LogP) is 3.13. The molecule has 1 aromatic rings. The van der Waals surface area contributed by atoms with Gasteiger partial charge in [-0.25, -0.2) is 0 Å². The van der Waals surface area contributed by atoms with Crippen molar-refractivity contribution in [1.29, 1.82) is 0 Å². The second-order valence-corrected chi connectivity index (χ2v) is 6.01. The van der Waals surface area contributed by atoms with Crippen molar-refractivity contribution in [3.05, 3.63) is 28.8 Å². The molecular formula is C16H23ClN2O2. The summed E-state index contributed by atoms with van der Waals surface area (Å²) in [5.74, 6) is 0.468. The highest BCUT2D eigenvalue weighted by atomic mass is 35.5.